The lowest BCUT2D eigenvalue weighted by Gasteiger charge is -2.21. The van der Waals surface area contributed by atoms with Gasteiger partial charge in [-0.15, -0.1) is 0 Å². The van der Waals surface area contributed by atoms with E-state index in [0.717, 1.165) is 25.1 Å². The summed E-state index contributed by atoms with van der Waals surface area (Å²) in [6.45, 7) is 7.37. The van der Waals surface area contributed by atoms with Crippen molar-refractivity contribution < 1.29 is 4.74 Å². The lowest BCUT2D eigenvalue weighted by Crippen LogP contribution is -2.31. The Morgan fingerprint density at radius 2 is 2.35 bits per heavy atom. The summed E-state index contributed by atoms with van der Waals surface area (Å²) in [6.07, 6.45) is 4.48. The lowest BCUT2D eigenvalue weighted by molar-refractivity contribution is -0.0150. The van der Waals surface area contributed by atoms with Crippen molar-refractivity contribution in [3.63, 3.8) is 0 Å². The van der Waals surface area contributed by atoms with E-state index in [4.69, 9.17) is 4.74 Å². The fourth-order valence-electron chi connectivity index (χ4n) is 2.27. The molecule has 0 radical (unpaired) electrons. The first kappa shape index (κ1) is 12.5. The van der Waals surface area contributed by atoms with Crippen molar-refractivity contribution in [3.05, 3.63) is 30.1 Å². The maximum atomic E-state index is 5.95. The summed E-state index contributed by atoms with van der Waals surface area (Å²) in [5, 5.41) is 3.49. The fourth-order valence-corrected chi connectivity index (χ4v) is 2.27. The molecular weight excluding hydrogens is 212 g/mol. The monoisotopic (exact) mass is 234 g/mol. The zero-order chi connectivity index (χ0) is 12.3. The smallest absolute Gasteiger partial charge is 0.0708 e. The van der Waals surface area contributed by atoms with Gasteiger partial charge in [-0.1, -0.05) is 6.07 Å². The van der Waals surface area contributed by atoms with Crippen LogP contribution in [0.15, 0.2) is 24.4 Å². The van der Waals surface area contributed by atoms with Gasteiger partial charge in [0, 0.05) is 18.8 Å². The minimum atomic E-state index is 0.0561. The Kier molecular flexibility index (Phi) is 3.79. The van der Waals surface area contributed by atoms with Gasteiger partial charge in [-0.05, 0) is 45.7 Å². The van der Waals surface area contributed by atoms with Crippen LogP contribution in [0.4, 0.5) is 0 Å². The van der Waals surface area contributed by atoms with Crippen LogP contribution < -0.4 is 5.32 Å². The first-order valence-corrected chi connectivity index (χ1v) is 6.39. The molecule has 1 N–H and O–H groups in total. The molecule has 17 heavy (non-hydrogen) atoms. The van der Waals surface area contributed by atoms with E-state index < -0.39 is 0 Å². The summed E-state index contributed by atoms with van der Waals surface area (Å²) < 4.78 is 5.95. The number of aromatic nitrogens is 1. The average Bonchev–Trinajstić information content (AvgIpc) is 2.67. The molecule has 1 aliphatic rings. The quantitative estimate of drug-likeness (QED) is 0.869. The van der Waals surface area contributed by atoms with Gasteiger partial charge in [0.15, 0.2) is 0 Å². The number of hydrogen-bond donors (Lipinski definition) is 1. The minimum Gasteiger partial charge on any atom is -0.371 e. The van der Waals surface area contributed by atoms with Crippen LogP contribution in [-0.2, 0) is 4.74 Å². The molecule has 0 amide bonds. The Morgan fingerprint density at radius 1 is 1.53 bits per heavy atom. The van der Waals surface area contributed by atoms with Crippen LogP contribution in [0, 0.1) is 0 Å². The summed E-state index contributed by atoms with van der Waals surface area (Å²) in [5.41, 5.74) is 1.14. The highest BCUT2D eigenvalue weighted by atomic mass is 16.5. The van der Waals surface area contributed by atoms with E-state index in [0.29, 0.717) is 6.10 Å². The third-order valence-electron chi connectivity index (χ3n) is 3.34. The highest BCUT2D eigenvalue weighted by Gasteiger charge is 2.31. The molecule has 0 aliphatic carbocycles. The number of nitrogens with zero attached hydrogens (tertiary/aromatic N) is 1. The van der Waals surface area contributed by atoms with Crippen LogP contribution >= 0.6 is 0 Å². The molecule has 3 nitrogen and oxygen atoms in total. The Labute approximate surface area is 104 Å². The van der Waals surface area contributed by atoms with Gasteiger partial charge in [0.25, 0.3) is 0 Å². The van der Waals surface area contributed by atoms with Crippen molar-refractivity contribution in [2.45, 2.75) is 51.4 Å². The standard InChI is InChI=1S/C14H22N2O/c1-11(13-6-4-5-9-15-13)16-10-12-7-8-14(2,3)17-12/h4-6,9,11-12,16H,7-8,10H2,1-3H3. The van der Waals surface area contributed by atoms with Crippen LogP contribution in [0.1, 0.15) is 45.3 Å². The minimum absolute atomic E-state index is 0.0561. The third-order valence-corrected chi connectivity index (χ3v) is 3.34. The van der Waals surface area contributed by atoms with E-state index >= 15 is 0 Å². The molecule has 2 atom stereocenters. The number of ether oxygens (including phenoxy) is 1. The first-order valence-electron chi connectivity index (χ1n) is 6.39. The highest BCUT2D eigenvalue weighted by Crippen LogP contribution is 2.29. The summed E-state index contributed by atoms with van der Waals surface area (Å²) in [5.74, 6) is 0. The number of hydrogen-bond acceptors (Lipinski definition) is 3. The molecular formula is C14H22N2O. The van der Waals surface area contributed by atoms with Crippen molar-refractivity contribution in [2.24, 2.45) is 0 Å². The summed E-state index contributed by atoms with van der Waals surface area (Å²) in [6, 6.07) is 6.30. The van der Waals surface area contributed by atoms with Crippen molar-refractivity contribution >= 4 is 0 Å². The SMILES string of the molecule is CC(NCC1CCC(C)(C)O1)c1ccccn1. The van der Waals surface area contributed by atoms with E-state index in [1.807, 2.05) is 18.3 Å². The zero-order valence-corrected chi connectivity index (χ0v) is 10.9. The lowest BCUT2D eigenvalue weighted by atomic mass is 10.1. The third kappa shape index (κ3) is 3.51. The van der Waals surface area contributed by atoms with Gasteiger partial charge in [0.05, 0.1) is 17.4 Å². The maximum Gasteiger partial charge on any atom is 0.0708 e. The number of pyridine rings is 1. The Balaban J connectivity index is 1.79. The van der Waals surface area contributed by atoms with E-state index in [1.165, 1.54) is 0 Å². The second-order valence-corrected chi connectivity index (χ2v) is 5.42. The molecule has 0 spiro atoms. The van der Waals surface area contributed by atoms with Gasteiger partial charge in [0.1, 0.15) is 0 Å². The van der Waals surface area contributed by atoms with Crippen LogP contribution in [0.3, 0.4) is 0 Å². The molecule has 0 aromatic carbocycles. The number of nitrogens with one attached hydrogen (secondary N) is 1. The van der Waals surface area contributed by atoms with E-state index in [-0.39, 0.29) is 11.6 Å². The van der Waals surface area contributed by atoms with Crippen LogP contribution in [-0.4, -0.2) is 23.2 Å². The maximum absolute atomic E-state index is 5.95. The molecule has 2 unspecified atom stereocenters. The summed E-state index contributed by atoms with van der Waals surface area (Å²) in [7, 11) is 0. The first-order chi connectivity index (χ1) is 8.07. The molecule has 0 saturated carbocycles. The largest absolute Gasteiger partial charge is 0.371 e. The van der Waals surface area contributed by atoms with Crippen molar-refractivity contribution in [2.75, 3.05) is 6.54 Å². The van der Waals surface area contributed by atoms with Gasteiger partial charge in [-0.3, -0.25) is 4.98 Å². The molecule has 1 aromatic rings. The molecule has 1 aliphatic heterocycles. The summed E-state index contributed by atoms with van der Waals surface area (Å²) in [4.78, 5) is 4.35. The predicted molar refractivity (Wildman–Crippen MR) is 68.8 cm³/mol. The molecule has 2 rings (SSSR count). The normalized spacial score (nSPS) is 24.8. The number of rotatable bonds is 4. The van der Waals surface area contributed by atoms with Gasteiger partial charge in [0.2, 0.25) is 0 Å². The van der Waals surface area contributed by atoms with Crippen molar-refractivity contribution in [1.29, 1.82) is 0 Å². The Hall–Kier alpha value is -0.930. The molecule has 3 heteroatoms. The fraction of sp³-hybridized carbons (Fsp3) is 0.643. The van der Waals surface area contributed by atoms with E-state index in [2.05, 4.69) is 37.1 Å². The topological polar surface area (TPSA) is 34.1 Å². The van der Waals surface area contributed by atoms with Gasteiger partial charge >= 0.3 is 0 Å². The highest BCUT2D eigenvalue weighted by molar-refractivity contribution is 5.07. The molecule has 2 heterocycles. The second-order valence-electron chi connectivity index (χ2n) is 5.42. The molecule has 1 fully saturated rings. The van der Waals surface area contributed by atoms with Crippen LogP contribution in [0.2, 0.25) is 0 Å². The summed E-state index contributed by atoms with van der Waals surface area (Å²) >= 11 is 0. The van der Waals surface area contributed by atoms with Gasteiger partial charge in [-0.2, -0.15) is 0 Å². The van der Waals surface area contributed by atoms with Gasteiger partial charge < -0.3 is 10.1 Å². The Morgan fingerprint density at radius 3 is 2.94 bits per heavy atom. The van der Waals surface area contributed by atoms with Crippen LogP contribution in [0.25, 0.3) is 0 Å². The van der Waals surface area contributed by atoms with Crippen LogP contribution in [0.5, 0.6) is 0 Å². The predicted octanol–water partition coefficient (Wildman–Crippen LogP) is 2.69. The molecule has 0 bridgehead atoms. The molecule has 1 aromatic heterocycles. The molecule has 1 saturated heterocycles. The average molecular weight is 234 g/mol. The van der Waals surface area contributed by atoms with Crippen molar-refractivity contribution in [3.8, 4) is 0 Å². The second kappa shape index (κ2) is 5.15. The molecule has 94 valence electrons. The van der Waals surface area contributed by atoms with Crippen molar-refractivity contribution in [1.82, 2.24) is 10.3 Å². The van der Waals surface area contributed by atoms with Gasteiger partial charge in [-0.25, -0.2) is 0 Å². The zero-order valence-electron chi connectivity index (χ0n) is 10.9. The van der Waals surface area contributed by atoms with E-state index in [1.54, 1.807) is 0 Å². The van der Waals surface area contributed by atoms with E-state index in [9.17, 15) is 0 Å². The Bertz CT molecular complexity index is 350.